The van der Waals surface area contributed by atoms with E-state index >= 15 is 0 Å². The van der Waals surface area contributed by atoms with Crippen LogP contribution in [0.4, 0.5) is 4.79 Å². The van der Waals surface area contributed by atoms with Crippen molar-refractivity contribution in [2.45, 2.75) is 44.8 Å². The minimum Gasteiger partial charge on any atom is -0.480 e. The predicted octanol–water partition coefficient (Wildman–Crippen LogP) is 2.52. The van der Waals surface area contributed by atoms with Crippen LogP contribution in [0.3, 0.4) is 0 Å². The summed E-state index contributed by atoms with van der Waals surface area (Å²) in [7, 11) is 0. The van der Waals surface area contributed by atoms with Crippen molar-refractivity contribution in [1.29, 1.82) is 0 Å². The van der Waals surface area contributed by atoms with Crippen molar-refractivity contribution in [3.63, 3.8) is 0 Å². The molecule has 1 aromatic carbocycles. The zero-order chi connectivity index (χ0) is 16.7. The number of amides is 1. The van der Waals surface area contributed by atoms with Gasteiger partial charge in [-0.3, -0.25) is 4.79 Å². The molecule has 0 aromatic heterocycles. The second-order valence-corrected chi connectivity index (χ2v) is 5.75. The van der Waals surface area contributed by atoms with Gasteiger partial charge in [0.1, 0.15) is 18.4 Å². The van der Waals surface area contributed by atoms with E-state index in [0.717, 1.165) is 31.2 Å². The number of nitrogens with one attached hydrogen (secondary N) is 1. The summed E-state index contributed by atoms with van der Waals surface area (Å²) in [4.78, 5) is 35.0. The van der Waals surface area contributed by atoms with E-state index in [4.69, 9.17) is 4.74 Å². The summed E-state index contributed by atoms with van der Waals surface area (Å²) >= 11 is 0. The Hall–Kier alpha value is -2.37. The Balaban J connectivity index is 1.82. The molecule has 0 aliphatic heterocycles. The van der Waals surface area contributed by atoms with Crippen LogP contribution in [0.1, 0.15) is 37.7 Å². The lowest BCUT2D eigenvalue weighted by Gasteiger charge is -2.16. The Morgan fingerprint density at radius 2 is 1.83 bits per heavy atom. The third-order valence-electron chi connectivity index (χ3n) is 4.02. The topological polar surface area (TPSA) is 92.7 Å². The summed E-state index contributed by atoms with van der Waals surface area (Å²) in [5, 5.41) is 11.4. The van der Waals surface area contributed by atoms with Gasteiger partial charge < -0.3 is 15.2 Å². The maximum Gasteiger partial charge on any atom is 0.408 e. The number of carbonyl (C=O) groups excluding carboxylic acids is 2. The highest BCUT2D eigenvalue weighted by molar-refractivity contribution is 5.89. The fourth-order valence-corrected chi connectivity index (χ4v) is 2.72. The molecule has 0 heterocycles. The number of carbonyl (C=O) groups is 3. The number of rotatable bonds is 7. The van der Waals surface area contributed by atoms with E-state index in [1.165, 1.54) is 0 Å². The Labute approximate surface area is 134 Å². The lowest BCUT2D eigenvalue weighted by Crippen LogP contribution is -2.43. The molecule has 1 fully saturated rings. The van der Waals surface area contributed by atoms with Crippen LogP contribution in [-0.4, -0.2) is 29.0 Å². The Kier molecular flexibility index (Phi) is 6.14. The maximum atomic E-state index is 12.1. The molecule has 1 aliphatic carbocycles. The molecule has 0 spiro atoms. The molecule has 2 N–H and O–H groups in total. The molecule has 2 rings (SSSR count). The van der Waals surface area contributed by atoms with Crippen molar-refractivity contribution < 1.29 is 24.2 Å². The number of hydrogen-bond acceptors (Lipinski definition) is 4. The van der Waals surface area contributed by atoms with Gasteiger partial charge in [0.25, 0.3) is 0 Å². The SMILES string of the molecule is O=C(NC(CC(=O)C1CCCC1)C(=O)O)OCc1ccccc1. The normalized spacial score (nSPS) is 15.8. The Morgan fingerprint density at radius 3 is 2.43 bits per heavy atom. The van der Waals surface area contributed by atoms with E-state index in [2.05, 4.69) is 5.32 Å². The molecule has 1 saturated carbocycles. The first kappa shape index (κ1) is 17.0. The average Bonchev–Trinajstić information content (AvgIpc) is 3.07. The molecule has 1 aliphatic rings. The standard InChI is InChI=1S/C17H21NO5/c19-15(13-8-4-5-9-13)10-14(16(20)21)18-17(22)23-11-12-6-2-1-3-7-12/h1-3,6-7,13-14H,4-5,8-11H2,(H,18,22)(H,20,21). The zero-order valence-electron chi connectivity index (χ0n) is 12.9. The van der Waals surface area contributed by atoms with Crippen molar-refractivity contribution in [3.05, 3.63) is 35.9 Å². The van der Waals surface area contributed by atoms with Crippen molar-refractivity contribution in [3.8, 4) is 0 Å². The van der Waals surface area contributed by atoms with E-state index in [1.54, 1.807) is 12.1 Å². The smallest absolute Gasteiger partial charge is 0.408 e. The van der Waals surface area contributed by atoms with Gasteiger partial charge in [0.15, 0.2) is 0 Å². The number of Topliss-reactive ketones (excluding diaryl/α,β-unsaturated/α-hetero) is 1. The zero-order valence-corrected chi connectivity index (χ0v) is 12.9. The highest BCUT2D eigenvalue weighted by Gasteiger charge is 2.29. The van der Waals surface area contributed by atoms with Crippen LogP contribution in [0.15, 0.2) is 30.3 Å². The number of carboxylic acids is 1. The first-order valence-corrected chi connectivity index (χ1v) is 7.79. The lowest BCUT2D eigenvalue weighted by molar-refractivity contribution is -0.141. The van der Waals surface area contributed by atoms with Gasteiger partial charge >= 0.3 is 12.1 Å². The molecule has 0 saturated heterocycles. The Morgan fingerprint density at radius 1 is 1.17 bits per heavy atom. The van der Waals surface area contributed by atoms with Crippen LogP contribution in [-0.2, 0) is 20.9 Å². The van der Waals surface area contributed by atoms with Gasteiger partial charge in [-0.15, -0.1) is 0 Å². The van der Waals surface area contributed by atoms with E-state index in [9.17, 15) is 19.5 Å². The van der Waals surface area contributed by atoms with Crippen molar-refractivity contribution >= 4 is 17.8 Å². The molecular weight excluding hydrogens is 298 g/mol. The number of alkyl carbamates (subject to hydrolysis) is 1. The summed E-state index contributed by atoms with van der Waals surface area (Å²) < 4.78 is 4.99. The van der Waals surface area contributed by atoms with E-state index in [0.29, 0.717) is 0 Å². The molecule has 23 heavy (non-hydrogen) atoms. The van der Waals surface area contributed by atoms with Crippen LogP contribution in [0.5, 0.6) is 0 Å². The van der Waals surface area contributed by atoms with Gasteiger partial charge in [-0.1, -0.05) is 43.2 Å². The quantitative estimate of drug-likeness (QED) is 0.805. The minimum absolute atomic E-state index is 0.0512. The molecule has 1 unspecified atom stereocenters. The summed E-state index contributed by atoms with van der Waals surface area (Å²) in [5.41, 5.74) is 0.802. The first-order chi connectivity index (χ1) is 11.1. The fourth-order valence-electron chi connectivity index (χ4n) is 2.72. The van der Waals surface area contributed by atoms with Crippen molar-refractivity contribution in [2.75, 3.05) is 0 Å². The summed E-state index contributed by atoms with van der Waals surface area (Å²) in [6.45, 7) is 0.0512. The summed E-state index contributed by atoms with van der Waals surface area (Å²) in [6, 6.07) is 7.83. The number of ether oxygens (including phenoxy) is 1. The fraction of sp³-hybridized carbons (Fsp3) is 0.471. The highest BCUT2D eigenvalue weighted by atomic mass is 16.5. The first-order valence-electron chi connectivity index (χ1n) is 7.79. The van der Waals surface area contributed by atoms with Crippen LogP contribution in [0, 0.1) is 5.92 Å². The molecule has 1 atom stereocenters. The number of hydrogen-bond donors (Lipinski definition) is 2. The van der Waals surface area contributed by atoms with E-state index in [1.807, 2.05) is 18.2 Å². The minimum atomic E-state index is -1.24. The molecule has 6 nitrogen and oxygen atoms in total. The average molecular weight is 319 g/mol. The van der Waals surface area contributed by atoms with Gasteiger partial charge in [-0.25, -0.2) is 9.59 Å². The van der Waals surface area contributed by atoms with Gasteiger partial charge in [-0.2, -0.15) is 0 Å². The second kappa shape index (κ2) is 8.31. The van der Waals surface area contributed by atoms with Gasteiger partial charge in [0, 0.05) is 12.3 Å². The third kappa shape index (κ3) is 5.39. The van der Waals surface area contributed by atoms with Gasteiger partial charge in [0.05, 0.1) is 0 Å². The molecule has 1 amide bonds. The maximum absolute atomic E-state index is 12.1. The molecule has 0 radical (unpaired) electrons. The monoisotopic (exact) mass is 319 g/mol. The largest absolute Gasteiger partial charge is 0.480 e. The Bertz CT molecular complexity index is 551. The second-order valence-electron chi connectivity index (χ2n) is 5.75. The number of ketones is 1. The molecule has 6 heteroatoms. The third-order valence-corrected chi connectivity index (χ3v) is 4.02. The highest BCUT2D eigenvalue weighted by Crippen LogP contribution is 2.26. The van der Waals surface area contributed by atoms with Gasteiger partial charge in [-0.05, 0) is 18.4 Å². The molecule has 1 aromatic rings. The molecule has 0 bridgehead atoms. The number of carboxylic acid groups (broad SMARTS) is 1. The van der Waals surface area contributed by atoms with Crippen LogP contribution in [0.2, 0.25) is 0 Å². The predicted molar refractivity (Wildman–Crippen MR) is 82.8 cm³/mol. The van der Waals surface area contributed by atoms with E-state index < -0.39 is 18.1 Å². The number of aliphatic carboxylic acids is 1. The van der Waals surface area contributed by atoms with Crippen molar-refractivity contribution in [1.82, 2.24) is 5.32 Å². The van der Waals surface area contributed by atoms with E-state index in [-0.39, 0.29) is 24.7 Å². The van der Waals surface area contributed by atoms with Gasteiger partial charge in [0.2, 0.25) is 0 Å². The number of benzene rings is 1. The molecular formula is C17H21NO5. The summed E-state index contributed by atoms with van der Waals surface area (Å²) in [6.07, 6.45) is 2.59. The van der Waals surface area contributed by atoms with Crippen molar-refractivity contribution in [2.24, 2.45) is 5.92 Å². The van der Waals surface area contributed by atoms with Crippen LogP contribution < -0.4 is 5.32 Å². The van der Waals surface area contributed by atoms with Crippen LogP contribution in [0.25, 0.3) is 0 Å². The molecule has 124 valence electrons. The summed E-state index contributed by atoms with van der Waals surface area (Å²) in [5.74, 6) is -1.40. The van der Waals surface area contributed by atoms with Crippen LogP contribution >= 0.6 is 0 Å². The lowest BCUT2D eigenvalue weighted by atomic mass is 9.97.